The van der Waals surface area contributed by atoms with Crippen molar-refractivity contribution in [2.75, 3.05) is 6.54 Å². The SMILES string of the molecule is CCCCN(Cc1ccc(C)cc1C)Cc1c(-c2ccccc2)nc(-c2ccccc2)n1CCCC. The first-order chi connectivity index (χ1) is 17.6. The van der Waals surface area contributed by atoms with Gasteiger partial charge < -0.3 is 4.57 Å². The van der Waals surface area contributed by atoms with E-state index in [1.54, 1.807) is 0 Å². The van der Waals surface area contributed by atoms with Gasteiger partial charge >= 0.3 is 0 Å². The van der Waals surface area contributed by atoms with Crippen LogP contribution in [0.2, 0.25) is 0 Å². The molecule has 0 fully saturated rings. The lowest BCUT2D eigenvalue weighted by atomic mass is 10.0. The van der Waals surface area contributed by atoms with Crippen molar-refractivity contribution in [3.63, 3.8) is 0 Å². The van der Waals surface area contributed by atoms with Gasteiger partial charge in [-0.15, -0.1) is 0 Å². The van der Waals surface area contributed by atoms with Gasteiger partial charge in [-0.25, -0.2) is 4.98 Å². The maximum atomic E-state index is 5.31. The first-order valence-corrected chi connectivity index (χ1v) is 13.6. The van der Waals surface area contributed by atoms with Crippen LogP contribution in [0.3, 0.4) is 0 Å². The first-order valence-electron chi connectivity index (χ1n) is 13.6. The summed E-state index contributed by atoms with van der Waals surface area (Å²) in [7, 11) is 0. The van der Waals surface area contributed by atoms with E-state index < -0.39 is 0 Å². The summed E-state index contributed by atoms with van der Waals surface area (Å²) in [4.78, 5) is 7.94. The highest BCUT2D eigenvalue weighted by atomic mass is 15.2. The zero-order valence-corrected chi connectivity index (χ0v) is 22.5. The van der Waals surface area contributed by atoms with Gasteiger partial charge in [0, 0.05) is 30.8 Å². The second-order valence-corrected chi connectivity index (χ2v) is 9.96. The number of hydrogen-bond acceptors (Lipinski definition) is 2. The van der Waals surface area contributed by atoms with Crippen molar-refractivity contribution in [3.05, 3.63) is 101 Å². The van der Waals surface area contributed by atoms with E-state index in [4.69, 9.17) is 4.98 Å². The van der Waals surface area contributed by atoms with Gasteiger partial charge in [0.1, 0.15) is 5.82 Å². The van der Waals surface area contributed by atoms with E-state index in [-0.39, 0.29) is 0 Å². The second kappa shape index (κ2) is 12.7. The third-order valence-electron chi connectivity index (χ3n) is 6.98. The molecule has 0 spiro atoms. The quantitative estimate of drug-likeness (QED) is 0.203. The monoisotopic (exact) mass is 479 g/mol. The average molecular weight is 480 g/mol. The molecule has 0 N–H and O–H groups in total. The number of nitrogens with zero attached hydrogens (tertiary/aromatic N) is 3. The lowest BCUT2D eigenvalue weighted by Gasteiger charge is -2.25. The predicted octanol–water partition coefficient (Wildman–Crippen LogP) is 8.44. The normalized spacial score (nSPS) is 11.4. The molecule has 1 aromatic heterocycles. The van der Waals surface area contributed by atoms with E-state index in [0.29, 0.717) is 0 Å². The molecule has 0 atom stereocenters. The molecule has 1 heterocycles. The molecule has 0 aliphatic rings. The molecule has 0 aliphatic carbocycles. The van der Waals surface area contributed by atoms with E-state index in [1.807, 2.05) is 0 Å². The molecule has 4 rings (SSSR count). The van der Waals surface area contributed by atoms with Crippen molar-refractivity contribution in [2.24, 2.45) is 0 Å². The van der Waals surface area contributed by atoms with E-state index in [9.17, 15) is 0 Å². The van der Waals surface area contributed by atoms with E-state index >= 15 is 0 Å². The summed E-state index contributed by atoms with van der Waals surface area (Å²) in [5, 5.41) is 0. The Morgan fingerprint density at radius 2 is 1.42 bits per heavy atom. The number of benzene rings is 3. The summed E-state index contributed by atoms with van der Waals surface area (Å²) in [5.74, 6) is 1.08. The summed E-state index contributed by atoms with van der Waals surface area (Å²) < 4.78 is 2.50. The molecule has 0 aliphatic heterocycles. The fourth-order valence-corrected chi connectivity index (χ4v) is 4.91. The predicted molar refractivity (Wildman–Crippen MR) is 153 cm³/mol. The second-order valence-electron chi connectivity index (χ2n) is 9.96. The van der Waals surface area contributed by atoms with Crippen LogP contribution in [0.4, 0.5) is 0 Å². The van der Waals surface area contributed by atoms with E-state index in [0.717, 1.165) is 50.5 Å². The van der Waals surface area contributed by atoms with Gasteiger partial charge in [-0.3, -0.25) is 4.90 Å². The highest BCUT2D eigenvalue weighted by Crippen LogP contribution is 2.31. The molecule has 188 valence electrons. The Balaban J connectivity index is 1.80. The third-order valence-corrected chi connectivity index (χ3v) is 6.98. The fourth-order valence-electron chi connectivity index (χ4n) is 4.91. The van der Waals surface area contributed by atoms with Crippen LogP contribution in [-0.4, -0.2) is 21.0 Å². The summed E-state index contributed by atoms with van der Waals surface area (Å²) >= 11 is 0. The van der Waals surface area contributed by atoms with Crippen LogP contribution in [0.5, 0.6) is 0 Å². The molecule has 0 saturated heterocycles. The number of rotatable bonds is 12. The van der Waals surface area contributed by atoms with Gasteiger partial charge in [0.2, 0.25) is 0 Å². The standard InChI is InChI=1S/C33H41N3/c1-5-7-21-35(24-30-20-19-26(3)23-27(30)4)25-31-32(28-15-11-9-12-16-28)34-33(36(31)22-8-6-2)29-17-13-10-14-18-29/h9-20,23H,5-8,21-22,24-25H2,1-4H3. The average Bonchev–Trinajstić information content (AvgIpc) is 3.26. The number of imidazole rings is 1. The molecule has 0 amide bonds. The van der Waals surface area contributed by atoms with Gasteiger partial charge in [0.25, 0.3) is 0 Å². The van der Waals surface area contributed by atoms with Crippen molar-refractivity contribution in [3.8, 4) is 22.6 Å². The lowest BCUT2D eigenvalue weighted by Crippen LogP contribution is -2.26. The van der Waals surface area contributed by atoms with Gasteiger partial charge in [-0.2, -0.15) is 0 Å². The van der Waals surface area contributed by atoms with Crippen molar-refractivity contribution in [2.45, 2.75) is 73.0 Å². The maximum absolute atomic E-state index is 5.31. The molecule has 36 heavy (non-hydrogen) atoms. The van der Waals surface area contributed by atoms with Crippen molar-refractivity contribution >= 4 is 0 Å². The number of aryl methyl sites for hydroxylation is 2. The van der Waals surface area contributed by atoms with Crippen molar-refractivity contribution in [1.29, 1.82) is 0 Å². The van der Waals surface area contributed by atoms with Crippen molar-refractivity contribution < 1.29 is 0 Å². The Labute approximate surface area is 217 Å². The largest absolute Gasteiger partial charge is 0.326 e. The van der Waals surface area contributed by atoms with Crippen LogP contribution in [0, 0.1) is 13.8 Å². The molecule has 0 unspecified atom stereocenters. The Morgan fingerprint density at radius 3 is 2.06 bits per heavy atom. The van der Waals surface area contributed by atoms with Crippen LogP contribution in [-0.2, 0) is 19.6 Å². The molecular weight excluding hydrogens is 438 g/mol. The summed E-state index contributed by atoms with van der Waals surface area (Å²) in [5.41, 5.74) is 8.95. The molecule has 0 bridgehead atoms. The van der Waals surface area contributed by atoms with Gasteiger partial charge in [0.05, 0.1) is 11.4 Å². The minimum atomic E-state index is 0.890. The smallest absolute Gasteiger partial charge is 0.140 e. The molecule has 3 heteroatoms. The zero-order chi connectivity index (χ0) is 25.3. The van der Waals surface area contributed by atoms with E-state index in [2.05, 4.69) is 116 Å². The van der Waals surface area contributed by atoms with E-state index in [1.165, 1.54) is 46.4 Å². The van der Waals surface area contributed by atoms with Crippen LogP contribution in [0.15, 0.2) is 78.9 Å². The number of unbranched alkanes of at least 4 members (excludes halogenated alkanes) is 2. The van der Waals surface area contributed by atoms with Gasteiger partial charge in [-0.1, -0.05) is 111 Å². The first kappa shape index (κ1) is 25.9. The van der Waals surface area contributed by atoms with Gasteiger partial charge in [0.15, 0.2) is 0 Å². The Hall–Kier alpha value is -3.17. The van der Waals surface area contributed by atoms with Crippen LogP contribution in [0.25, 0.3) is 22.6 Å². The molecular formula is C33H41N3. The Kier molecular flexibility index (Phi) is 9.13. The topological polar surface area (TPSA) is 21.1 Å². The highest BCUT2D eigenvalue weighted by molar-refractivity contribution is 5.68. The number of hydrogen-bond donors (Lipinski definition) is 0. The zero-order valence-electron chi connectivity index (χ0n) is 22.5. The Bertz CT molecular complexity index is 1220. The fraction of sp³-hybridized carbons (Fsp3) is 0.364. The van der Waals surface area contributed by atoms with Crippen LogP contribution < -0.4 is 0 Å². The molecule has 3 nitrogen and oxygen atoms in total. The summed E-state index contributed by atoms with van der Waals surface area (Å²) in [6.45, 7) is 12.9. The summed E-state index contributed by atoms with van der Waals surface area (Å²) in [6, 6.07) is 28.3. The van der Waals surface area contributed by atoms with Crippen molar-refractivity contribution in [1.82, 2.24) is 14.5 Å². The van der Waals surface area contributed by atoms with Crippen LogP contribution >= 0.6 is 0 Å². The highest BCUT2D eigenvalue weighted by Gasteiger charge is 2.22. The molecule has 4 aromatic rings. The summed E-state index contributed by atoms with van der Waals surface area (Å²) in [6.07, 6.45) is 4.69. The minimum absolute atomic E-state index is 0.890. The Morgan fingerprint density at radius 1 is 0.750 bits per heavy atom. The third kappa shape index (κ3) is 6.33. The van der Waals surface area contributed by atoms with Gasteiger partial charge in [-0.05, 0) is 44.4 Å². The molecule has 3 aromatic carbocycles. The lowest BCUT2D eigenvalue weighted by molar-refractivity contribution is 0.246. The molecule has 0 saturated carbocycles. The molecule has 0 radical (unpaired) electrons. The maximum Gasteiger partial charge on any atom is 0.140 e. The number of aromatic nitrogens is 2. The van der Waals surface area contributed by atoms with Crippen LogP contribution in [0.1, 0.15) is 61.9 Å². The minimum Gasteiger partial charge on any atom is -0.326 e.